The number of halogens is 1. The summed E-state index contributed by atoms with van der Waals surface area (Å²) < 4.78 is 12.3. The fraction of sp³-hybridized carbons (Fsp3) is 1.00. The Kier molecular flexibility index (Phi) is 2.50. The lowest BCUT2D eigenvalue weighted by atomic mass is 11.8. The first kappa shape index (κ1) is 5.93. The van der Waals surface area contributed by atoms with E-state index in [2.05, 4.69) is 0 Å². The molecule has 1 saturated heterocycles. The highest BCUT2D eigenvalue weighted by atomic mass is 29.6. The molecule has 1 rings (SSSR count). The number of rotatable bonds is 0. The van der Waals surface area contributed by atoms with Gasteiger partial charge in [0.25, 0.3) is 0 Å². The molecule has 0 atom stereocenters. The molecule has 0 aromatic heterocycles. The average Bonchev–Trinajstić information content (AvgIpc) is 1.69. The normalized spacial score (nSPS) is 25.3. The average molecular weight is 159 g/mol. The summed E-state index contributed by atoms with van der Waals surface area (Å²) in [5, 5.41) is 0. The van der Waals surface area contributed by atoms with Crippen molar-refractivity contribution < 1.29 is 4.11 Å². The molecule has 5 heteroatoms. The van der Waals surface area contributed by atoms with Crippen LogP contribution in [0.25, 0.3) is 0 Å². The van der Waals surface area contributed by atoms with Crippen LogP contribution in [0.15, 0.2) is 0 Å². The van der Waals surface area contributed by atoms with Crippen LogP contribution >= 0.6 is 0 Å². The molecule has 0 unspecified atom stereocenters. The molecule has 7 heavy (non-hydrogen) atoms. The van der Waals surface area contributed by atoms with Gasteiger partial charge in [0.05, 0.1) is 18.1 Å². The molecule has 0 amide bonds. The maximum atomic E-state index is 12.3. The van der Waals surface area contributed by atoms with Crippen molar-refractivity contribution in [3.05, 3.63) is 0 Å². The number of hydrogen-bond donors (Lipinski definition) is 0. The molecule has 0 aromatic rings. The van der Waals surface area contributed by atoms with E-state index in [1.165, 1.54) is 11.3 Å². The van der Waals surface area contributed by atoms with Crippen LogP contribution in [0.3, 0.4) is 0 Å². The summed E-state index contributed by atoms with van der Waals surface area (Å²) in [5.74, 6) is 0. The fourth-order valence-electron chi connectivity index (χ4n) is 0.405. The standard InChI is InChI=1S/C2H4FSi4/c3-7-5-1-4-2-6-7/h1-2H2. The largest absolute Gasteiger partial charge is 0.324 e. The molecular formula is C2H4FSi4. The maximum absolute atomic E-state index is 12.3. The van der Waals surface area contributed by atoms with Gasteiger partial charge in [0, 0.05) is 9.52 Å². The highest BCUT2D eigenvalue weighted by molar-refractivity contribution is 7.39. The highest BCUT2D eigenvalue weighted by Crippen LogP contribution is 1.95. The predicted octanol–water partition coefficient (Wildman–Crippen LogP) is -0.181. The van der Waals surface area contributed by atoms with E-state index in [4.69, 9.17) is 0 Å². The van der Waals surface area contributed by atoms with Crippen LogP contribution in [0.1, 0.15) is 0 Å². The van der Waals surface area contributed by atoms with Crippen LogP contribution < -0.4 is 0 Å². The minimum Gasteiger partial charge on any atom is -0.324 e. The van der Waals surface area contributed by atoms with Crippen molar-refractivity contribution in [1.82, 2.24) is 0 Å². The van der Waals surface area contributed by atoms with Gasteiger partial charge in [-0.05, 0) is 0 Å². The van der Waals surface area contributed by atoms with Gasteiger partial charge in [-0.3, -0.25) is 0 Å². The number of hydrogen-bond acceptors (Lipinski definition) is 0. The monoisotopic (exact) mass is 159 g/mol. The van der Waals surface area contributed by atoms with Crippen LogP contribution in [0.5, 0.6) is 0 Å². The van der Waals surface area contributed by atoms with Crippen molar-refractivity contribution in [3.8, 4) is 0 Å². The fourth-order valence-corrected chi connectivity index (χ4v) is 15.7. The zero-order valence-corrected chi connectivity index (χ0v) is 7.79. The SMILES string of the molecule is F[Si]1[Si]C[Si]C[Si]1. The Morgan fingerprint density at radius 3 is 2.14 bits per heavy atom. The van der Waals surface area contributed by atoms with Crippen molar-refractivity contribution in [1.29, 1.82) is 0 Å². The summed E-state index contributed by atoms with van der Waals surface area (Å²) in [6.07, 6.45) is 0. The Labute approximate surface area is 51.7 Å². The van der Waals surface area contributed by atoms with Gasteiger partial charge >= 0.3 is 0 Å². The van der Waals surface area contributed by atoms with Gasteiger partial charge in [0.2, 0.25) is 8.17 Å². The van der Waals surface area contributed by atoms with E-state index in [0.717, 1.165) is 27.6 Å². The van der Waals surface area contributed by atoms with Gasteiger partial charge in [-0.25, -0.2) is 0 Å². The molecule has 0 spiro atoms. The molecule has 0 N–H and O–H groups in total. The summed E-state index contributed by atoms with van der Waals surface area (Å²) in [7, 11) is 1.34. The van der Waals surface area contributed by atoms with E-state index in [1.54, 1.807) is 0 Å². The summed E-state index contributed by atoms with van der Waals surface area (Å²) in [6, 6.07) is 0. The van der Waals surface area contributed by atoms with E-state index in [-0.39, 0.29) is 0 Å². The van der Waals surface area contributed by atoms with Crippen molar-refractivity contribution in [2.75, 3.05) is 0 Å². The van der Waals surface area contributed by atoms with Crippen LogP contribution in [-0.4, -0.2) is 35.8 Å². The molecule has 1 aliphatic rings. The molecule has 0 bridgehead atoms. The molecular weight excluding hydrogens is 155 g/mol. The van der Waals surface area contributed by atoms with Crippen LogP contribution in [-0.2, 0) is 0 Å². The Morgan fingerprint density at radius 1 is 1.29 bits per heavy atom. The molecule has 0 nitrogen and oxygen atoms in total. The van der Waals surface area contributed by atoms with E-state index in [1.807, 2.05) is 0 Å². The molecule has 1 aliphatic heterocycles. The van der Waals surface area contributed by atoms with Gasteiger partial charge in [0.15, 0.2) is 0 Å². The lowest BCUT2D eigenvalue weighted by Crippen LogP contribution is -2.32. The zero-order chi connectivity index (χ0) is 5.11. The maximum Gasteiger partial charge on any atom is 0.228 e. The van der Waals surface area contributed by atoms with Gasteiger partial charge in [0.1, 0.15) is 0 Å². The molecule has 1 heterocycles. The van der Waals surface area contributed by atoms with E-state index in [9.17, 15) is 4.11 Å². The van der Waals surface area contributed by atoms with Gasteiger partial charge in [-0.1, -0.05) is 11.3 Å². The lowest BCUT2D eigenvalue weighted by molar-refractivity contribution is 0.880. The third-order valence-electron chi connectivity index (χ3n) is 0.737. The molecule has 0 aromatic carbocycles. The van der Waals surface area contributed by atoms with Gasteiger partial charge in [-0.2, -0.15) is 0 Å². The molecule has 0 saturated carbocycles. The summed E-state index contributed by atoms with van der Waals surface area (Å²) in [6.45, 7) is 0. The third kappa shape index (κ3) is 2.02. The molecule has 0 aliphatic carbocycles. The van der Waals surface area contributed by atoms with Gasteiger partial charge < -0.3 is 4.11 Å². The minimum absolute atomic E-state index is 0.735. The van der Waals surface area contributed by atoms with E-state index < -0.39 is 8.17 Å². The quantitative estimate of drug-likeness (QED) is 0.340. The minimum atomic E-state index is -1.23. The van der Waals surface area contributed by atoms with Crippen molar-refractivity contribution in [2.24, 2.45) is 0 Å². The van der Waals surface area contributed by atoms with Crippen molar-refractivity contribution >= 4 is 35.8 Å². The molecule has 35 valence electrons. The zero-order valence-electron chi connectivity index (χ0n) is 3.79. The summed E-state index contributed by atoms with van der Waals surface area (Å²) in [5.41, 5.74) is 2.44. The Bertz CT molecular complexity index is 51.7. The van der Waals surface area contributed by atoms with Crippen molar-refractivity contribution in [3.63, 3.8) is 0 Å². The summed E-state index contributed by atoms with van der Waals surface area (Å²) in [4.78, 5) is 0. The second-order valence-corrected chi connectivity index (χ2v) is 12.2. The van der Waals surface area contributed by atoms with Crippen LogP contribution in [0.2, 0.25) is 11.3 Å². The smallest absolute Gasteiger partial charge is 0.228 e. The third-order valence-corrected chi connectivity index (χ3v) is 13.0. The Morgan fingerprint density at radius 2 is 1.86 bits per heavy atom. The summed E-state index contributed by atoms with van der Waals surface area (Å²) >= 11 is 0. The second kappa shape index (κ2) is 2.95. The first-order chi connectivity index (χ1) is 3.39. The Hall–Kier alpha value is 0.798. The highest BCUT2D eigenvalue weighted by Gasteiger charge is 2.16. The van der Waals surface area contributed by atoms with Gasteiger partial charge in [-0.15, -0.1) is 0 Å². The molecule has 7 radical (unpaired) electrons. The Balaban J connectivity index is 2.12. The van der Waals surface area contributed by atoms with Crippen LogP contribution in [0, 0.1) is 0 Å². The van der Waals surface area contributed by atoms with E-state index in [0.29, 0.717) is 0 Å². The first-order valence-corrected chi connectivity index (χ1v) is 9.31. The second-order valence-electron chi connectivity index (χ2n) is 1.27. The lowest BCUT2D eigenvalue weighted by Gasteiger charge is -2.06. The van der Waals surface area contributed by atoms with Crippen LogP contribution in [0.4, 0.5) is 4.11 Å². The predicted molar refractivity (Wildman–Crippen MR) is 33.7 cm³/mol. The van der Waals surface area contributed by atoms with E-state index >= 15 is 0 Å². The molecule has 1 fully saturated rings. The topological polar surface area (TPSA) is 0 Å². The first-order valence-electron chi connectivity index (χ1n) is 2.10. The van der Waals surface area contributed by atoms with Crippen molar-refractivity contribution in [2.45, 2.75) is 11.3 Å².